The van der Waals surface area contributed by atoms with Crippen LogP contribution in [0.2, 0.25) is 5.02 Å². The predicted octanol–water partition coefficient (Wildman–Crippen LogP) is 6.94. The Bertz CT molecular complexity index is 1090. The van der Waals surface area contributed by atoms with E-state index in [-0.39, 0.29) is 5.91 Å². The maximum Gasteiger partial charge on any atom is 0.256 e. The summed E-state index contributed by atoms with van der Waals surface area (Å²) in [7, 11) is 0. The average Bonchev–Trinajstić information content (AvgIpc) is 2.97. The number of amides is 1. The SMILES string of the molecule is O=C1Nc2cc(Cl)ccc2/C1=C\c1ccc(OCc2ccc(Br)cc2)c(Br)c1. The summed E-state index contributed by atoms with van der Waals surface area (Å²) in [5.41, 5.74) is 4.18. The Kier molecular flexibility index (Phi) is 5.58. The summed E-state index contributed by atoms with van der Waals surface area (Å²) in [5, 5.41) is 3.44. The number of nitrogens with one attached hydrogen (secondary N) is 1. The Morgan fingerprint density at radius 2 is 1.79 bits per heavy atom. The van der Waals surface area contributed by atoms with Gasteiger partial charge in [0.2, 0.25) is 0 Å². The molecule has 3 aromatic rings. The van der Waals surface area contributed by atoms with Crippen LogP contribution in [0.3, 0.4) is 0 Å². The molecule has 0 fully saturated rings. The molecule has 1 aliphatic heterocycles. The Morgan fingerprint density at radius 3 is 2.54 bits per heavy atom. The monoisotopic (exact) mass is 517 g/mol. The number of anilines is 1. The predicted molar refractivity (Wildman–Crippen MR) is 121 cm³/mol. The smallest absolute Gasteiger partial charge is 0.256 e. The van der Waals surface area contributed by atoms with Gasteiger partial charge in [0.1, 0.15) is 12.4 Å². The van der Waals surface area contributed by atoms with Crippen LogP contribution in [0.5, 0.6) is 5.75 Å². The first-order valence-electron chi connectivity index (χ1n) is 8.49. The zero-order valence-corrected chi connectivity index (χ0v) is 18.4. The van der Waals surface area contributed by atoms with Crippen LogP contribution < -0.4 is 10.1 Å². The summed E-state index contributed by atoms with van der Waals surface area (Å²) in [5.74, 6) is 0.608. The van der Waals surface area contributed by atoms with Gasteiger partial charge in [0.15, 0.2) is 0 Å². The van der Waals surface area contributed by atoms with Gasteiger partial charge in [-0.3, -0.25) is 4.79 Å². The molecule has 4 rings (SSSR count). The number of carbonyl (C=O) groups excluding carboxylic acids is 1. The number of carbonyl (C=O) groups is 1. The molecule has 1 heterocycles. The van der Waals surface area contributed by atoms with Gasteiger partial charge in [-0.05, 0) is 69.5 Å². The minimum Gasteiger partial charge on any atom is -0.488 e. The fourth-order valence-electron chi connectivity index (χ4n) is 2.94. The molecule has 3 aromatic carbocycles. The molecule has 1 N–H and O–H groups in total. The lowest BCUT2D eigenvalue weighted by Gasteiger charge is -2.09. The van der Waals surface area contributed by atoms with Gasteiger partial charge >= 0.3 is 0 Å². The van der Waals surface area contributed by atoms with Crippen LogP contribution >= 0.6 is 43.5 Å². The first-order chi connectivity index (χ1) is 13.5. The highest BCUT2D eigenvalue weighted by Crippen LogP contribution is 2.36. The minimum absolute atomic E-state index is 0.135. The molecule has 0 atom stereocenters. The van der Waals surface area contributed by atoms with E-state index in [1.54, 1.807) is 12.1 Å². The van der Waals surface area contributed by atoms with Crippen molar-refractivity contribution in [1.29, 1.82) is 0 Å². The zero-order chi connectivity index (χ0) is 19.7. The quantitative estimate of drug-likeness (QED) is 0.380. The molecular weight excluding hydrogens is 506 g/mol. The van der Waals surface area contributed by atoms with Crippen molar-refractivity contribution in [1.82, 2.24) is 0 Å². The molecule has 140 valence electrons. The maximum atomic E-state index is 12.3. The van der Waals surface area contributed by atoms with Gasteiger partial charge in [-0.2, -0.15) is 0 Å². The molecule has 0 spiro atoms. The molecule has 28 heavy (non-hydrogen) atoms. The lowest BCUT2D eigenvalue weighted by molar-refractivity contribution is -0.110. The lowest BCUT2D eigenvalue weighted by Crippen LogP contribution is -2.03. The number of ether oxygens (including phenoxy) is 1. The summed E-state index contributed by atoms with van der Waals surface area (Å²) in [6, 6.07) is 19.1. The second-order valence-electron chi connectivity index (χ2n) is 6.31. The first-order valence-corrected chi connectivity index (χ1v) is 10.5. The van der Waals surface area contributed by atoms with Gasteiger partial charge in [0.05, 0.1) is 10.2 Å². The third-order valence-electron chi connectivity index (χ3n) is 4.34. The Balaban J connectivity index is 1.54. The number of hydrogen-bond donors (Lipinski definition) is 1. The first kappa shape index (κ1) is 19.2. The van der Waals surface area contributed by atoms with Gasteiger partial charge in [-0.15, -0.1) is 0 Å². The van der Waals surface area contributed by atoms with Crippen LogP contribution in [-0.4, -0.2) is 5.91 Å². The average molecular weight is 520 g/mol. The van der Waals surface area contributed by atoms with E-state index in [2.05, 4.69) is 37.2 Å². The number of hydrogen-bond acceptors (Lipinski definition) is 2. The Morgan fingerprint density at radius 1 is 1.00 bits per heavy atom. The summed E-state index contributed by atoms with van der Waals surface area (Å²) >= 11 is 13.0. The largest absolute Gasteiger partial charge is 0.488 e. The van der Waals surface area contributed by atoms with Crippen molar-refractivity contribution in [3.63, 3.8) is 0 Å². The van der Waals surface area contributed by atoms with E-state index in [9.17, 15) is 4.79 Å². The molecule has 6 heteroatoms. The minimum atomic E-state index is -0.135. The summed E-state index contributed by atoms with van der Waals surface area (Å²) in [6.45, 7) is 0.475. The highest BCUT2D eigenvalue weighted by atomic mass is 79.9. The van der Waals surface area contributed by atoms with Crippen LogP contribution in [-0.2, 0) is 11.4 Å². The molecule has 3 nitrogen and oxygen atoms in total. The highest BCUT2D eigenvalue weighted by molar-refractivity contribution is 9.10. The van der Waals surface area contributed by atoms with Crippen LogP contribution in [0.15, 0.2) is 69.6 Å². The fraction of sp³-hybridized carbons (Fsp3) is 0.0455. The van der Waals surface area contributed by atoms with Crippen LogP contribution in [0.1, 0.15) is 16.7 Å². The van der Waals surface area contributed by atoms with Gasteiger partial charge in [-0.1, -0.05) is 51.8 Å². The van der Waals surface area contributed by atoms with E-state index in [0.717, 1.165) is 37.1 Å². The molecule has 1 amide bonds. The summed E-state index contributed by atoms with van der Waals surface area (Å²) in [6.07, 6.45) is 1.86. The standard InChI is InChI=1S/C22H14Br2ClNO2/c23-15-4-1-13(2-5-15)12-28-21-8-3-14(10-19(21)24)9-18-17-7-6-16(25)11-20(17)26-22(18)27/h1-11H,12H2,(H,26,27)/b18-9+. The summed E-state index contributed by atoms with van der Waals surface area (Å²) in [4.78, 5) is 12.3. The third kappa shape index (κ3) is 4.17. The van der Waals surface area contributed by atoms with Gasteiger partial charge in [0.25, 0.3) is 5.91 Å². The van der Waals surface area contributed by atoms with Crippen molar-refractivity contribution in [2.75, 3.05) is 5.32 Å². The topological polar surface area (TPSA) is 38.3 Å². The van der Waals surface area contributed by atoms with E-state index in [1.807, 2.05) is 54.6 Å². The van der Waals surface area contributed by atoms with Crippen LogP contribution in [0.4, 0.5) is 5.69 Å². The molecule has 0 unspecified atom stereocenters. The molecule has 0 aliphatic carbocycles. The van der Waals surface area contributed by atoms with Crippen molar-refractivity contribution in [2.45, 2.75) is 6.61 Å². The van der Waals surface area contributed by atoms with Gasteiger partial charge in [-0.25, -0.2) is 0 Å². The number of rotatable bonds is 4. The van der Waals surface area contributed by atoms with Crippen molar-refractivity contribution in [2.24, 2.45) is 0 Å². The highest BCUT2D eigenvalue weighted by Gasteiger charge is 2.24. The van der Waals surface area contributed by atoms with E-state index in [1.165, 1.54) is 0 Å². The van der Waals surface area contributed by atoms with E-state index >= 15 is 0 Å². The van der Waals surface area contributed by atoms with E-state index in [0.29, 0.717) is 17.2 Å². The maximum absolute atomic E-state index is 12.3. The molecular formula is C22H14Br2ClNO2. The van der Waals surface area contributed by atoms with Crippen molar-refractivity contribution >= 4 is 66.7 Å². The van der Waals surface area contributed by atoms with Crippen molar-refractivity contribution < 1.29 is 9.53 Å². The summed E-state index contributed by atoms with van der Waals surface area (Å²) < 4.78 is 7.77. The molecule has 0 saturated carbocycles. The van der Waals surface area contributed by atoms with E-state index < -0.39 is 0 Å². The number of halogens is 3. The molecule has 0 bridgehead atoms. The number of fused-ring (bicyclic) bond motifs is 1. The van der Waals surface area contributed by atoms with Crippen molar-refractivity contribution in [3.05, 3.63) is 91.3 Å². The van der Waals surface area contributed by atoms with Crippen LogP contribution in [0.25, 0.3) is 11.6 Å². The lowest BCUT2D eigenvalue weighted by atomic mass is 10.0. The zero-order valence-electron chi connectivity index (χ0n) is 14.5. The molecule has 1 aliphatic rings. The third-order valence-corrected chi connectivity index (χ3v) is 5.72. The fourth-order valence-corrected chi connectivity index (χ4v) is 3.89. The normalized spacial score (nSPS) is 14.1. The second-order valence-corrected chi connectivity index (χ2v) is 8.51. The molecule has 0 radical (unpaired) electrons. The van der Waals surface area contributed by atoms with Crippen LogP contribution in [0, 0.1) is 0 Å². The molecule has 0 saturated heterocycles. The van der Waals surface area contributed by atoms with E-state index in [4.69, 9.17) is 16.3 Å². The Hall–Kier alpha value is -2.08. The number of benzene rings is 3. The van der Waals surface area contributed by atoms with Crippen molar-refractivity contribution in [3.8, 4) is 5.75 Å². The molecule has 0 aromatic heterocycles. The van der Waals surface area contributed by atoms with Gasteiger partial charge in [0, 0.05) is 20.6 Å². The Labute approximate surface area is 184 Å². The second kappa shape index (κ2) is 8.11. The van der Waals surface area contributed by atoms with Gasteiger partial charge < -0.3 is 10.1 Å².